The van der Waals surface area contributed by atoms with Crippen molar-refractivity contribution in [3.63, 3.8) is 0 Å². The van der Waals surface area contributed by atoms with Crippen molar-refractivity contribution in [1.82, 2.24) is 0 Å². The second-order valence-electron chi connectivity index (χ2n) is 4.32. The number of rotatable bonds is 3. The van der Waals surface area contributed by atoms with E-state index in [0.29, 0.717) is 6.54 Å². The van der Waals surface area contributed by atoms with Gasteiger partial charge < -0.3 is 11.5 Å². The van der Waals surface area contributed by atoms with E-state index in [0.717, 1.165) is 6.42 Å². The van der Waals surface area contributed by atoms with Gasteiger partial charge in [-0.15, -0.1) is 0 Å². The van der Waals surface area contributed by atoms with E-state index in [1.54, 1.807) is 5.56 Å². The highest BCUT2D eigenvalue weighted by Gasteiger charge is 2.11. The quantitative estimate of drug-likeness (QED) is 0.593. The van der Waals surface area contributed by atoms with Crippen LogP contribution in [0.15, 0.2) is 23.2 Å². The molecule has 0 aliphatic heterocycles. The zero-order valence-corrected chi connectivity index (χ0v) is 9.58. The van der Waals surface area contributed by atoms with Crippen molar-refractivity contribution in [2.75, 3.05) is 6.54 Å². The van der Waals surface area contributed by atoms with Gasteiger partial charge >= 0.3 is 0 Å². The number of guanidine groups is 1. The summed E-state index contributed by atoms with van der Waals surface area (Å²) < 4.78 is 0. The predicted molar refractivity (Wildman–Crippen MR) is 67.5 cm³/mol. The van der Waals surface area contributed by atoms with Crippen LogP contribution in [0.2, 0.25) is 0 Å². The second kappa shape index (κ2) is 5.01. The lowest BCUT2D eigenvalue weighted by Crippen LogP contribution is -2.23. The van der Waals surface area contributed by atoms with Crippen molar-refractivity contribution in [1.29, 1.82) is 0 Å². The molecule has 0 saturated heterocycles. The third-order valence-electron chi connectivity index (χ3n) is 3.17. The van der Waals surface area contributed by atoms with Crippen LogP contribution in [0, 0.1) is 0 Å². The Kier molecular flexibility index (Phi) is 3.44. The molecule has 16 heavy (non-hydrogen) atoms. The first-order valence-corrected chi connectivity index (χ1v) is 5.92. The lowest BCUT2D eigenvalue weighted by molar-refractivity contribution is 0.677. The Morgan fingerprint density at radius 1 is 1.19 bits per heavy atom. The minimum Gasteiger partial charge on any atom is -0.370 e. The number of benzene rings is 1. The monoisotopic (exact) mass is 217 g/mol. The minimum absolute atomic E-state index is 0.185. The summed E-state index contributed by atoms with van der Waals surface area (Å²) in [5.41, 5.74) is 15.1. The lowest BCUT2D eigenvalue weighted by atomic mass is 9.87. The summed E-state index contributed by atoms with van der Waals surface area (Å²) >= 11 is 0. The SMILES string of the molecule is NC(N)=NCCc1cccc2c1CCCC2. The molecule has 0 spiro atoms. The molecular formula is C13H19N3. The van der Waals surface area contributed by atoms with Crippen molar-refractivity contribution in [3.8, 4) is 0 Å². The van der Waals surface area contributed by atoms with Gasteiger partial charge in [0.2, 0.25) is 0 Å². The number of aryl methyl sites for hydroxylation is 1. The van der Waals surface area contributed by atoms with Crippen molar-refractivity contribution in [2.24, 2.45) is 16.5 Å². The number of aliphatic imine (C=N–C) groups is 1. The number of hydrogen-bond donors (Lipinski definition) is 2. The van der Waals surface area contributed by atoms with E-state index < -0.39 is 0 Å². The van der Waals surface area contributed by atoms with Crippen LogP contribution >= 0.6 is 0 Å². The first-order valence-electron chi connectivity index (χ1n) is 5.92. The van der Waals surface area contributed by atoms with Gasteiger partial charge in [0.1, 0.15) is 0 Å². The van der Waals surface area contributed by atoms with E-state index in [1.807, 2.05) is 0 Å². The first kappa shape index (κ1) is 11.0. The fourth-order valence-corrected chi connectivity index (χ4v) is 2.40. The highest BCUT2D eigenvalue weighted by atomic mass is 15.0. The van der Waals surface area contributed by atoms with Gasteiger partial charge in [-0.05, 0) is 48.8 Å². The topological polar surface area (TPSA) is 64.4 Å². The van der Waals surface area contributed by atoms with Crippen LogP contribution in [-0.4, -0.2) is 12.5 Å². The summed E-state index contributed by atoms with van der Waals surface area (Å²) in [6.07, 6.45) is 6.02. The van der Waals surface area contributed by atoms with Gasteiger partial charge in [0.15, 0.2) is 5.96 Å². The smallest absolute Gasteiger partial charge is 0.185 e. The maximum atomic E-state index is 5.32. The Morgan fingerprint density at radius 3 is 2.81 bits per heavy atom. The third kappa shape index (κ3) is 2.54. The molecule has 0 fully saturated rings. The van der Waals surface area contributed by atoms with E-state index in [2.05, 4.69) is 23.2 Å². The van der Waals surface area contributed by atoms with Crippen molar-refractivity contribution in [2.45, 2.75) is 32.1 Å². The van der Waals surface area contributed by atoms with Crippen LogP contribution in [0.5, 0.6) is 0 Å². The molecule has 0 radical (unpaired) electrons. The highest BCUT2D eigenvalue weighted by molar-refractivity contribution is 5.75. The molecule has 4 N–H and O–H groups in total. The number of nitrogens with two attached hydrogens (primary N) is 2. The van der Waals surface area contributed by atoms with Gasteiger partial charge in [-0.3, -0.25) is 4.99 Å². The van der Waals surface area contributed by atoms with Crippen molar-refractivity contribution >= 4 is 5.96 Å². The Bertz CT molecular complexity index is 392. The van der Waals surface area contributed by atoms with Gasteiger partial charge in [-0.25, -0.2) is 0 Å². The molecule has 0 saturated carbocycles. The van der Waals surface area contributed by atoms with E-state index in [9.17, 15) is 0 Å². The summed E-state index contributed by atoms with van der Waals surface area (Å²) in [6.45, 7) is 0.693. The number of hydrogen-bond acceptors (Lipinski definition) is 1. The van der Waals surface area contributed by atoms with Crippen LogP contribution in [0.1, 0.15) is 29.5 Å². The molecule has 0 heterocycles. The van der Waals surface area contributed by atoms with E-state index in [4.69, 9.17) is 11.5 Å². The van der Waals surface area contributed by atoms with Crippen molar-refractivity contribution in [3.05, 3.63) is 34.9 Å². The molecule has 0 atom stereocenters. The lowest BCUT2D eigenvalue weighted by Gasteiger charge is -2.18. The fraction of sp³-hybridized carbons (Fsp3) is 0.462. The van der Waals surface area contributed by atoms with Gasteiger partial charge in [0.05, 0.1) is 0 Å². The summed E-state index contributed by atoms with van der Waals surface area (Å²) in [5, 5.41) is 0. The third-order valence-corrected chi connectivity index (χ3v) is 3.17. The summed E-state index contributed by atoms with van der Waals surface area (Å²) in [6, 6.07) is 6.60. The average Bonchev–Trinajstić information content (AvgIpc) is 2.29. The average molecular weight is 217 g/mol. The van der Waals surface area contributed by atoms with Crippen LogP contribution in [0.4, 0.5) is 0 Å². The van der Waals surface area contributed by atoms with Gasteiger partial charge in [0, 0.05) is 6.54 Å². The summed E-state index contributed by atoms with van der Waals surface area (Å²) in [7, 11) is 0. The normalized spacial score (nSPS) is 14.2. The molecule has 0 aromatic heterocycles. The van der Waals surface area contributed by atoms with E-state index >= 15 is 0 Å². The van der Waals surface area contributed by atoms with E-state index in [1.165, 1.54) is 36.8 Å². The molecular weight excluding hydrogens is 198 g/mol. The maximum Gasteiger partial charge on any atom is 0.185 e. The predicted octanol–water partition coefficient (Wildman–Crippen LogP) is 1.38. The standard InChI is InChI=1S/C13H19N3/c14-13(15)16-9-8-11-6-3-5-10-4-1-2-7-12(10)11/h3,5-6H,1-2,4,7-9H2,(H4,14,15,16). The molecule has 0 amide bonds. The zero-order valence-electron chi connectivity index (χ0n) is 9.58. The van der Waals surface area contributed by atoms with Gasteiger partial charge in [0.25, 0.3) is 0 Å². The van der Waals surface area contributed by atoms with Crippen LogP contribution in [0.3, 0.4) is 0 Å². The largest absolute Gasteiger partial charge is 0.370 e. The van der Waals surface area contributed by atoms with Gasteiger partial charge in [-0.1, -0.05) is 18.2 Å². The van der Waals surface area contributed by atoms with Crippen LogP contribution in [0.25, 0.3) is 0 Å². The molecule has 2 rings (SSSR count). The van der Waals surface area contributed by atoms with Crippen LogP contribution < -0.4 is 11.5 Å². The molecule has 3 heteroatoms. The Morgan fingerprint density at radius 2 is 2.00 bits per heavy atom. The van der Waals surface area contributed by atoms with Crippen molar-refractivity contribution < 1.29 is 0 Å². The number of fused-ring (bicyclic) bond motifs is 1. The zero-order chi connectivity index (χ0) is 11.4. The molecule has 86 valence electrons. The molecule has 0 unspecified atom stereocenters. The molecule has 1 aromatic carbocycles. The number of nitrogens with zero attached hydrogens (tertiary/aromatic N) is 1. The molecule has 3 nitrogen and oxygen atoms in total. The highest BCUT2D eigenvalue weighted by Crippen LogP contribution is 2.24. The Hall–Kier alpha value is -1.51. The Balaban J connectivity index is 2.11. The molecule has 0 bridgehead atoms. The minimum atomic E-state index is 0.185. The second-order valence-corrected chi connectivity index (χ2v) is 4.32. The first-order chi connectivity index (χ1) is 7.77. The summed E-state index contributed by atoms with van der Waals surface area (Å²) in [4.78, 5) is 4.04. The fourth-order valence-electron chi connectivity index (χ4n) is 2.40. The summed E-state index contributed by atoms with van der Waals surface area (Å²) in [5.74, 6) is 0.185. The molecule has 1 aliphatic carbocycles. The van der Waals surface area contributed by atoms with Gasteiger partial charge in [-0.2, -0.15) is 0 Å². The van der Waals surface area contributed by atoms with Crippen LogP contribution in [-0.2, 0) is 19.3 Å². The maximum absolute atomic E-state index is 5.32. The Labute approximate surface area is 96.6 Å². The molecule has 1 aromatic rings. The molecule has 1 aliphatic rings. The van der Waals surface area contributed by atoms with E-state index in [-0.39, 0.29) is 5.96 Å².